The topological polar surface area (TPSA) is 149 Å². The first-order valence-electron chi connectivity index (χ1n) is 13.2. The minimum absolute atomic E-state index is 0.0277. The normalized spacial score (nSPS) is 15.0. The Hall–Kier alpha value is -2.29. The number of nitrogens with zero attached hydrogens (tertiary/aromatic N) is 1. The van der Waals surface area contributed by atoms with Crippen molar-refractivity contribution in [3.05, 3.63) is 57.1 Å². The largest absolute Gasteiger partial charge is 0.462 e. The number of methoxy groups -OCH3 is 2. The van der Waals surface area contributed by atoms with Crippen LogP contribution in [0.25, 0.3) is 0 Å². The van der Waals surface area contributed by atoms with E-state index in [4.69, 9.17) is 61.0 Å². The van der Waals surface area contributed by atoms with Crippen molar-refractivity contribution in [2.45, 2.75) is 19.4 Å². The van der Waals surface area contributed by atoms with Gasteiger partial charge < -0.3 is 37.8 Å². The number of ether oxygens (including phenoxy) is 6. The third kappa shape index (κ3) is 9.60. The molecule has 238 valence electrons. The second kappa shape index (κ2) is 17.3. The first kappa shape index (κ1) is 35.2. The lowest BCUT2D eigenvalue weighted by atomic mass is 10.1. The average Bonchev–Trinajstić information content (AvgIpc) is 3.23. The van der Waals surface area contributed by atoms with E-state index in [1.54, 1.807) is 12.1 Å². The maximum Gasteiger partial charge on any atom is 0.327 e. The molecule has 2 amide bonds. The SMILES string of the molecule is CCP(=O)(O)OCCC(ON1C(=O)c2ccccc2C1=O)c1cc(Cl)c(OCOCCOC)c(OCOCCOC)c1Cl. The lowest BCUT2D eigenvalue weighted by molar-refractivity contribution is -0.138. The predicted molar refractivity (Wildman–Crippen MR) is 155 cm³/mol. The summed E-state index contributed by atoms with van der Waals surface area (Å²) in [7, 11) is -0.817. The van der Waals surface area contributed by atoms with Crippen molar-refractivity contribution < 1.29 is 56.8 Å². The van der Waals surface area contributed by atoms with E-state index in [1.165, 1.54) is 39.3 Å². The molecule has 3 rings (SSSR count). The van der Waals surface area contributed by atoms with E-state index in [1.807, 2.05) is 0 Å². The molecule has 0 fully saturated rings. The van der Waals surface area contributed by atoms with Crippen LogP contribution in [0, 0.1) is 0 Å². The Balaban J connectivity index is 1.95. The lowest BCUT2D eigenvalue weighted by Crippen LogP contribution is -2.32. The Morgan fingerprint density at radius 2 is 1.44 bits per heavy atom. The van der Waals surface area contributed by atoms with Gasteiger partial charge in [0.25, 0.3) is 11.8 Å². The molecule has 0 radical (unpaired) electrons. The molecule has 0 aliphatic carbocycles. The summed E-state index contributed by atoms with van der Waals surface area (Å²) < 4.78 is 49.5. The molecular formula is C27H34Cl2NO12P. The Labute approximate surface area is 259 Å². The molecule has 1 N–H and O–H groups in total. The van der Waals surface area contributed by atoms with E-state index in [0.717, 1.165) is 0 Å². The van der Waals surface area contributed by atoms with Gasteiger partial charge in [0, 0.05) is 32.4 Å². The monoisotopic (exact) mass is 665 g/mol. The molecule has 16 heteroatoms. The lowest BCUT2D eigenvalue weighted by Gasteiger charge is -2.26. The van der Waals surface area contributed by atoms with Gasteiger partial charge in [-0.25, -0.2) is 0 Å². The van der Waals surface area contributed by atoms with Crippen LogP contribution in [0.15, 0.2) is 30.3 Å². The molecule has 2 unspecified atom stereocenters. The number of hydroxylamine groups is 2. The maximum atomic E-state index is 13.1. The summed E-state index contributed by atoms with van der Waals surface area (Å²) >= 11 is 13.4. The van der Waals surface area contributed by atoms with Crippen molar-refractivity contribution in [1.82, 2.24) is 5.06 Å². The first-order chi connectivity index (χ1) is 20.6. The van der Waals surface area contributed by atoms with Crippen LogP contribution in [0.4, 0.5) is 0 Å². The van der Waals surface area contributed by atoms with E-state index in [-0.39, 0.29) is 84.2 Å². The number of hydrogen-bond donors (Lipinski definition) is 1. The molecule has 0 bridgehead atoms. The summed E-state index contributed by atoms with van der Waals surface area (Å²) in [5.74, 6) is -1.38. The highest BCUT2D eigenvalue weighted by atomic mass is 35.5. The van der Waals surface area contributed by atoms with Crippen molar-refractivity contribution in [2.75, 3.05) is 67.0 Å². The van der Waals surface area contributed by atoms with Gasteiger partial charge in [0.05, 0.1) is 54.2 Å². The zero-order valence-electron chi connectivity index (χ0n) is 23.9. The van der Waals surface area contributed by atoms with Gasteiger partial charge in [0.1, 0.15) is 6.10 Å². The highest BCUT2D eigenvalue weighted by Gasteiger charge is 2.39. The van der Waals surface area contributed by atoms with Gasteiger partial charge in [-0.15, -0.1) is 5.06 Å². The smallest absolute Gasteiger partial charge is 0.327 e. The summed E-state index contributed by atoms with van der Waals surface area (Å²) in [5.41, 5.74) is 0.495. The van der Waals surface area contributed by atoms with Crippen LogP contribution in [0.5, 0.6) is 11.5 Å². The number of carbonyl (C=O) groups is 2. The Morgan fingerprint density at radius 3 is 1.98 bits per heavy atom. The predicted octanol–water partition coefficient (Wildman–Crippen LogP) is 4.87. The third-order valence-corrected chi connectivity index (χ3v) is 8.06. The van der Waals surface area contributed by atoms with Crippen molar-refractivity contribution >= 4 is 42.6 Å². The molecule has 43 heavy (non-hydrogen) atoms. The number of imide groups is 1. The molecule has 2 atom stereocenters. The Kier molecular flexibility index (Phi) is 14.1. The van der Waals surface area contributed by atoms with E-state index in [2.05, 4.69) is 0 Å². The molecule has 1 aliphatic rings. The molecule has 2 aromatic carbocycles. The number of benzene rings is 2. The van der Waals surface area contributed by atoms with Gasteiger partial charge in [0.15, 0.2) is 25.1 Å². The van der Waals surface area contributed by atoms with Gasteiger partial charge in [0.2, 0.25) is 0 Å². The van der Waals surface area contributed by atoms with Crippen LogP contribution in [0.1, 0.15) is 45.7 Å². The molecule has 0 saturated carbocycles. The summed E-state index contributed by atoms with van der Waals surface area (Å²) in [6.07, 6.45) is -1.41. The molecule has 1 heterocycles. The van der Waals surface area contributed by atoms with E-state index in [9.17, 15) is 19.0 Å². The van der Waals surface area contributed by atoms with Crippen molar-refractivity contribution in [2.24, 2.45) is 0 Å². The second-order valence-corrected chi connectivity index (χ2v) is 11.8. The Morgan fingerprint density at radius 1 is 0.884 bits per heavy atom. The fourth-order valence-electron chi connectivity index (χ4n) is 3.75. The molecule has 1 aliphatic heterocycles. The van der Waals surface area contributed by atoms with Crippen molar-refractivity contribution in [1.29, 1.82) is 0 Å². The summed E-state index contributed by atoms with van der Waals surface area (Å²) in [6.45, 7) is 1.86. The molecular weight excluding hydrogens is 632 g/mol. The van der Waals surface area contributed by atoms with Gasteiger partial charge in [-0.05, 0) is 18.2 Å². The van der Waals surface area contributed by atoms with E-state index >= 15 is 0 Å². The minimum Gasteiger partial charge on any atom is -0.462 e. The number of hydrogen-bond acceptors (Lipinski definition) is 11. The zero-order valence-corrected chi connectivity index (χ0v) is 26.3. The molecule has 0 saturated heterocycles. The highest BCUT2D eigenvalue weighted by Crippen LogP contribution is 2.48. The first-order valence-corrected chi connectivity index (χ1v) is 15.7. The summed E-state index contributed by atoms with van der Waals surface area (Å²) in [6, 6.07) is 7.65. The van der Waals surface area contributed by atoms with Gasteiger partial charge in [-0.3, -0.25) is 19.0 Å². The fourth-order valence-corrected chi connectivity index (χ4v) is 4.90. The molecule has 0 spiro atoms. The van der Waals surface area contributed by atoms with E-state index in [0.29, 0.717) is 18.3 Å². The van der Waals surface area contributed by atoms with Gasteiger partial charge >= 0.3 is 7.60 Å². The van der Waals surface area contributed by atoms with Crippen LogP contribution in [-0.4, -0.2) is 88.8 Å². The second-order valence-electron chi connectivity index (χ2n) is 8.87. The quantitative estimate of drug-likeness (QED) is 0.0890. The Bertz CT molecular complexity index is 1260. The number of carbonyl (C=O) groups excluding carboxylic acids is 2. The van der Waals surface area contributed by atoms with Crippen LogP contribution in [-0.2, 0) is 32.9 Å². The van der Waals surface area contributed by atoms with Crippen LogP contribution in [0.3, 0.4) is 0 Å². The zero-order chi connectivity index (χ0) is 31.4. The molecule has 2 aromatic rings. The summed E-state index contributed by atoms with van der Waals surface area (Å²) in [5, 5.41) is 0.594. The number of amides is 2. The molecule has 0 aromatic heterocycles. The van der Waals surface area contributed by atoms with Crippen molar-refractivity contribution in [3.8, 4) is 11.5 Å². The maximum absolute atomic E-state index is 13.1. The van der Waals surface area contributed by atoms with Crippen LogP contribution in [0.2, 0.25) is 10.0 Å². The van der Waals surface area contributed by atoms with Crippen LogP contribution >= 0.6 is 30.8 Å². The summed E-state index contributed by atoms with van der Waals surface area (Å²) in [4.78, 5) is 42.0. The number of rotatable bonds is 20. The van der Waals surface area contributed by atoms with Crippen molar-refractivity contribution in [3.63, 3.8) is 0 Å². The fraction of sp³-hybridized carbons (Fsp3) is 0.481. The van der Waals surface area contributed by atoms with E-state index < -0.39 is 25.5 Å². The third-order valence-electron chi connectivity index (χ3n) is 6.00. The number of fused-ring (bicyclic) bond motifs is 1. The minimum atomic E-state index is -3.87. The highest BCUT2D eigenvalue weighted by molar-refractivity contribution is 7.52. The standard InChI is InChI=1S/C27H34Cl2NO12P/c1-4-43(33,34)41-10-9-22(42-30-26(31)18-7-5-6-8-19(18)27(30)32)20-15-21(28)24(39-16-37-13-11-35-2)25(23(20)29)40-17-38-14-12-36-3/h5-8,15,22H,4,9-14,16-17H2,1-3H3,(H,33,34). The van der Waals surface area contributed by atoms with Crippen LogP contribution < -0.4 is 9.47 Å². The van der Waals surface area contributed by atoms with Gasteiger partial charge in [-0.2, -0.15) is 0 Å². The average molecular weight is 666 g/mol. The van der Waals surface area contributed by atoms with Gasteiger partial charge in [-0.1, -0.05) is 42.3 Å². The molecule has 13 nitrogen and oxygen atoms in total. The number of halogens is 2.